The molecular weight excluding hydrogens is 450 g/mol. The van der Waals surface area contributed by atoms with E-state index in [2.05, 4.69) is 14.9 Å². The van der Waals surface area contributed by atoms with Gasteiger partial charge in [0.05, 0.1) is 13.5 Å². The van der Waals surface area contributed by atoms with Gasteiger partial charge in [-0.3, -0.25) is 4.79 Å². The summed E-state index contributed by atoms with van der Waals surface area (Å²) >= 11 is 0. The molecule has 0 spiro atoms. The van der Waals surface area contributed by atoms with Crippen molar-refractivity contribution in [1.82, 2.24) is 10.1 Å². The van der Waals surface area contributed by atoms with Gasteiger partial charge in [0.2, 0.25) is 5.82 Å². The van der Waals surface area contributed by atoms with Crippen molar-refractivity contribution in [2.24, 2.45) is 0 Å². The second kappa shape index (κ2) is 10.6. The van der Waals surface area contributed by atoms with Gasteiger partial charge in [0.25, 0.3) is 5.89 Å². The molecule has 0 saturated heterocycles. The Morgan fingerprint density at radius 3 is 2.62 bits per heavy atom. The van der Waals surface area contributed by atoms with Crippen LogP contribution in [0, 0.1) is 0 Å². The van der Waals surface area contributed by atoms with Gasteiger partial charge >= 0.3 is 12.6 Å². The number of benzene rings is 2. The summed E-state index contributed by atoms with van der Waals surface area (Å²) in [5, 5.41) is 3.82. The van der Waals surface area contributed by atoms with E-state index in [1.165, 1.54) is 25.3 Å². The van der Waals surface area contributed by atoms with Crippen molar-refractivity contribution in [1.29, 1.82) is 0 Å². The summed E-state index contributed by atoms with van der Waals surface area (Å²) in [6.07, 6.45) is 0.499. The Morgan fingerprint density at radius 1 is 1.03 bits per heavy atom. The fourth-order valence-electron chi connectivity index (χ4n) is 3.14. The van der Waals surface area contributed by atoms with Crippen LogP contribution in [0.5, 0.6) is 11.5 Å². The lowest BCUT2D eigenvalue weighted by molar-refractivity contribution is -0.145. The summed E-state index contributed by atoms with van der Waals surface area (Å²) in [5.74, 6) is 1.18. The molecule has 0 aliphatic carbocycles. The Balaban J connectivity index is 1.29. The molecule has 0 saturated carbocycles. The van der Waals surface area contributed by atoms with Crippen molar-refractivity contribution >= 4 is 5.97 Å². The molecule has 4 aromatic rings. The number of methoxy groups -OCH3 is 1. The van der Waals surface area contributed by atoms with Crippen molar-refractivity contribution in [3.8, 4) is 34.2 Å². The number of carbonyl (C=O) groups is 1. The van der Waals surface area contributed by atoms with Crippen LogP contribution < -0.4 is 9.47 Å². The van der Waals surface area contributed by atoms with Crippen LogP contribution in [-0.4, -0.2) is 29.8 Å². The molecule has 2 heterocycles. The monoisotopic (exact) mass is 470 g/mol. The maximum atomic E-state index is 12.5. The normalized spacial score (nSPS) is 10.9. The predicted octanol–water partition coefficient (Wildman–Crippen LogP) is 5.28. The summed E-state index contributed by atoms with van der Waals surface area (Å²) in [5.41, 5.74) is 1.41. The molecule has 10 heteroatoms. The van der Waals surface area contributed by atoms with Crippen LogP contribution in [-0.2, 0) is 22.6 Å². The third-order valence-corrected chi connectivity index (χ3v) is 4.76. The number of esters is 1. The number of furan rings is 1. The molecule has 4 rings (SSSR count). The number of nitrogens with zero attached hydrogens (tertiary/aromatic N) is 2. The third kappa shape index (κ3) is 5.77. The van der Waals surface area contributed by atoms with Crippen LogP contribution >= 0.6 is 0 Å². The zero-order chi connectivity index (χ0) is 23.9. The Kier molecular flexibility index (Phi) is 7.16. The molecule has 0 bridgehead atoms. The van der Waals surface area contributed by atoms with Crippen molar-refractivity contribution in [2.45, 2.75) is 26.1 Å². The smallest absolute Gasteiger partial charge is 0.387 e. The SMILES string of the molecule is COc1cc(-c2noc(COC(=O)CCc3ccc(-c4ccccc4)o3)n2)ccc1OC(F)F. The Bertz CT molecular complexity index is 1240. The summed E-state index contributed by atoms with van der Waals surface area (Å²) in [7, 11) is 1.32. The summed E-state index contributed by atoms with van der Waals surface area (Å²) in [6.45, 7) is -3.19. The standard InChI is InChI=1S/C24H20F2N2O6/c1-30-20-13-16(7-10-19(20)33-24(25)26)23-27-21(34-28-23)14-31-22(29)12-9-17-8-11-18(32-17)15-5-3-2-4-6-15/h2-8,10-11,13,24H,9,12,14H2,1H3. The van der Waals surface area contributed by atoms with E-state index in [-0.39, 0.29) is 36.2 Å². The first-order valence-corrected chi connectivity index (χ1v) is 10.3. The number of ether oxygens (including phenoxy) is 3. The molecule has 0 amide bonds. The number of hydrogen-bond acceptors (Lipinski definition) is 8. The Labute approximate surface area is 193 Å². The molecule has 0 N–H and O–H groups in total. The zero-order valence-corrected chi connectivity index (χ0v) is 18.1. The van der Waals surface area contributed by atoms with Gasteiger partial charge in [-0.05, 0) is 30.3 Å². The molecule has 0 aliphatic heterocycles. The first-order valence-electron chi connectivity index (χ1n) is 10.3. The van der Waals surface area contributed by atoms with Gasteiger partial charge in [0.15, 0.2) is 18.1 Å². The first-order chi connectivity index (χ1) is 16.5. The Hall–Kier alpha value is -4.21. The second-order valence-electron chi connectivity index (χ2n) is 7.05. The molecule has 34 heavy (non-hydrogen) atoms. The molecule has 0 fully saturated rings. The van der Waals surface area contributed by atoms with E-state index in [1.807, 2.05) is 42.5 Å². The topological polar surface area (TPSA) is 96.8 Å². The molecular formula is C24H20F2N2O6. The van der Waals surface area contributed by atoms with Gasteiger partial charge < -0.3 is 23.2 Å². The maximum absolute atomic E-state index is 12.5. The van der Waals surface area contributed by atoms with Crippen LogP contribution in [0.15, 0.2) is 69.6 Å². The highest BCUT2D eigenvalue weighted by molar-refractivity contribution is 5.69. The number of aryl methyl sites for hydroxylation is 1. The average molecular weight is 470 g/mol. The van der Waals surface area contributed by atoms with Gasteiger partial charge in [-0.1, -0.05) is 35.5 Å². The third-order valence-electron chi connectivity index (χ3n) is 4.76. The molecule has 2 aromatic carbocycles. The van der Waals surface area contributed by atoms with Crippen molar-refractivity contribution < 1.29 is 36.7 Å². The molecule has 2 aromatic heterocycles. The lowest BCUT2D eigenvalue weighted by atomic mass is 10.2. The fraction of sp³-hybridized carbons (Fsp3) is 0.208. The lowest BCUT2D eigenvalue weighted by Gasteiger charge is -2.10. The van der Waals surface area contributed by atoms with Crippen LogP contribution in [0.25, 0.3) is 22.7 Å². The molecule has 0 atom stereocenters. The minimum atomic E-state index is -2.98. The van der Waals surface area contributed by atoms with Gasteiger partial charge in [-0.2, -0.15) is 13.8 Å². The molecule has 176 valence electrons. The van der Waals surface area contributed by atoms with E-state index in [9.17, 15) is 13.6 Å². The van der Waals surface area contributed by atoms with Crippen molar-refractivity contribution in [2.75, 3.05) is 7.11 Å². The van der Waals surface area contributed by atoms with Crippen LogP contribution in [0.4, 0.5) is 8.78 Å². The maximum Gasteiger partial charge on any atom is 0.387 e. The number of alkyl halides is 2. The zero-order valence-electron chi connectivity index (χ0n) is 18.1. The van der Waals surface area contributed by atoms with Gasteiger partial charge in [0.1, 0.15) is 11.5 Å². The highest BCUT2D eigenvalue weighted by Crippen LogP contribution is 2.32. The first kappa shape index (κ1) is 23.0. The average Bonchev–Trinajstić information content (AvgIpc) is 3.52. The lowest BCUT2D eigenvalue weighted by Crippen LogP contribution is -2.06. The quantitative estimate of drug-likeness (QED) is 0.289. The van der Waals surface area contributed by atoms with Gasteiger partial charge in [-0.15, -0.1) is 0 Å². The predicted molar refractivity (Wildman–Crippen MR) is 115 cm³/mol. The van der Waals surface area contributed by atoms with E-state index in [1.54, 1.807) is 0 Å². The van der Waals surface area contributed by atoms with Gasteiger partial charge in [0, 0.05) is 17.5 Å². The van der Waals surface area contributed by atoms with Crippen LogP contribution in [0.1, 0.15) is 18.1 Å². The van der Waals surface area contributed by atoms with E-state index in [0.717, 1.165) is 11.3 Å². The fourth-order valence-corrected chi connectivity index (χ4v) is 3.14. The van der Waals surface area contributed by atoms with Crippen LogP contribution in [0.2, 0.25) is 0 Å². The second-order valence-corrected chi connectivity index (χ2v) is 7.05. The van der Waals surface area contributed by atoms with E-state index < -0.39 is 12.6 Å². The molecule has 0 radical (unpaired) electrons. The van der Waals surface area contributed by atoms with Gasteiger partial charge in [-0.25, -0.2) is 0 Å². The van der Waals surface area contributed by atoms with Crippen molar-refractivity contribution in [3.05, 3.63) is 72.3 Å². The van der Waals surface area contributed by atoms with Crippen LogP contribution in [0.3, 0.4) is 0 Å². The highest BCUT2D eigenvalue weighted by atomic mass is 19.3. The summed E-state index contributed by atoms with van der Waals surface area (Å²) < 4.78 is 50.5. The Morgan fingerprint density at radius 2 is 1.85 bits per heavy atom. The number of halogens is 2. The number of aromatic nitrogens is 2. The number of rotatable bonds is 10. The molecule has 0 unspecified atom stereocenters. The number of hydrogen-bond donors (Lipinski definition) is 0. The van der Waals surface area contributed by atoms with E-state index in [4.69, 9.17) is 18.4 Å². The highest BCUT2D eigenvalue weighted by Gasteiger charge is 2.16. The summed E-state index contributed by atoms with van der Waals surface area (Å²) in [6, 6.07) is 17.6. The van der Waals surface area contributed by atoms with E-state index >= 15 is 0 Å². The van der Waals surface area contributed by atoms with Crippen molar-refractivity contribution in [3.63, 3.8) is 0 Å². The van der Waals surface area contributed by atoms with E-state index in [0.29, 0.717) is 17.7 Å². The molecule has 0 aliphatic rings. The molecule has 8 nitrogen and oxygen atoms in total. The minimum Gasteiger partial charge on any atom is -0.493 e. The number of carbonyl (C=O) groups excluding carboxylic acids is 1. The largest absolute Gasteiger partial charge is 0.493 e. The minimum absolute atomic E-state index is 0.0830. The summed E-state index contributed by atoms with van der Waals surface area (Å²) in [4.78, 5) is 16.3.